The Labute approximate surface area is 84.2 Å². The van der Waals surface area contributed by atoms with Crippen LogP contribution in [0.15, 0.2) is 0 Å². The highest BCUT2D eigenvalue weighted by Crippen LogP contribution is 2.17. The fraction of sp³-hybridized carbons (Fsp3) is 0.667. The van der Waals surface area contributed by atoms with Crippen LogP contribution in [0.3, 0.4) is 0 Å². The summed E-state index contributed by atoms with van der Waals surface area (Å²) in [5, 5.41) is 0. The van der Waals surface area contributed by atoms with E-state index >= 15 is 0 Å². The van der Waals surface area contributed by atoms with Gasteiger partial charge in [0.25, 0.3) is 0 Å². The Balaban J connectivity index is 2.73. The summed E-state index contributed by atoms with van der Waals surface area (Å²) in [6.07, 6.45) is 5.61. The van der Waals surface area contributed by atoms with Crippen molar-refractivity contribution in [3.63, 3.8) is 0 Å². The van der Waals surface area contributed by atoms with Gasteiger partial charge in [-0.3, -0.25) is 4.79 Å². The molecule has 0 radical (unpaired) electrons. The zero-order chi connectivity index (χ0) is 10.8. The van der Waals surface area contributed by atoms with Crippen LogP contribution in [0, 0.1) is 12.3 Å². The predicted octanol–water partition coefficient (Wildman–Crippen LogP) is -0.345. The molecule has 0 aromatic rings. The average molecular weight is 215 g/mol. The minimum atomic E-state index is -2.95. The number of terminal acetylenes is 1. The number of amides is 1. The first-order valence-electron chi connectivity index (χ1n) is 4.37. The van der Waals surface area contributed by atoms with Gasteiger partial charge in [0.15, 0.2) is 9.84 Å². The van der Waals surface area contributed by atoms with Crippen LogP contribution in [-0.2, 0) is 14.6 Å². The number of hydrogen-bond acceptors (Lipinski definition) is 3. The SMILES string of the molecule is C#CCN(C(C)=O)C1CCS(=O)(=O)C1. The summed E-state index contributed by atoms with van der Waals surface area (Å²) in [6, 6.07) is -0.228. The monoisotopic (exact) mass is 215 g/mol. The Morgan fingerprint density at radius 1 is 1.64 bits per heavy atom. The van der Waals surface area contributed by atoms with Gasteiger partial charge < -0.3 is 4.90 Å². The molecule has 78 valence electrons. The van der Waals surface area contributed by atoms with Gasteiger partial charge in [-0.05, 0) is 6.42 Å². The summed E-state index contributed by atoms with van der Waals surface area (Å²) >= 11 is 0. The standard InChI is InChI=1S/C9H13NO3S/c1-3-5-10(8(2)11)9-4-6-14(12,13)7-9/h1,9H,4-7H2,2H3. The Kier molecular flexibility index (Phi) is 3.17. The normalized spacial score (nSPS) is 24.1. The van der Waals surface area contributed by atoms with Crippen molar-refractivity contribution in [3.05, 3.63) is 0 Å². The van der Waals surface area contributed by atoms with Crippen LogP contribution < -0.4 is 0 Å². The second kappa shape index (κ2) is 4.01. The van der Waals surface area contributed by atoms with Crippen molar-refractivity contribution in [3.8, 4) is 12.3 Å². The van der Waals surface area contributed by atoms with E-state index in [9.17, 15) is 13.2 Å². The van der Waals surface area contributed by atoms with Crippen molar-refractivity contribution in [2.75, 3.05) is 18.1 Å². The zero-order valence-corrected chi connectivity index (χ0v) is 8.88. The molecule has 0 aromatic carbocycles. The molecule has 0 spiro atoms. The number of hydrogen-bond donors (Lipinski definition) is 0. The minimum Gasteiger partial charge on any atom is -0.328 e. The second-order valence-electron chi connectivity index (χ2n) is 3.41. The molecule has 5 heteroatoms. The maximum absolute atomic E-state index is 11.2. The molecule has 1 atom stereocenters. The molecule has 0 aromatic heterocycles. The van der Waals surface area contributed by atoms with Crippen LogP contribution in [-0.4, -0.2) is 43.3 Å². The van der Waals surface area contributed by atoms with Crippen molar-refractivity contribution < 1.29 is 13.2 Å². The second-order valence-corrected chi connectivity index (χ2v) is 5.64. The first-order chi connectivity index (χ1) is 6.46. The van der Waals surface area contributed by atoms with Crippen LogP contribution in [0.4, 0.5) is 0 Å². The van der Waals surface area contributed by atoms with Crippen molar-refractivity contribution in [2.24, 2.45) is 0 Å². The molecule has 4 nitrogen and oxygen atoms in total. The quantitative estimate of drug-likeness (QED) is 0.592. The van der Waals surface area contributed by atoms with Crippen molar-refractivity contribution in [1.82, 2.24) is 4.90 Å². The van der Waals surface area contributed by atoms with E-state index in [4.69, 9.17) is 6.42 Å². The molecule has 1 rings (SSSR count). The van der Waals surface area contributed by atoms with Gasteiger partial charge in [-0.15, -0.1) is 6.42 Å². The maximum Gasteiger partial charge on any atom is 0.220 e. The molecule has 0 N–H and O–H groups in total. The summed E-state index contributed by atoms with van der Waals surface area (Å²) < 4.78 is 22.4. The molecule has 0 saturated carbocycles. The van der Waals surface area contributed by atoms with Crippen LogP contribution >= 0.6 is 0 Å². The molecule has 1 aliphatic heterocycles. The molecular formula is C9H13NO3S. The number of rotatable bonds is 2. The van der Waals surface area contributed by atoms with Gasteiger partial charge in [-0.2, -0.15) is 0 Å². The predicted molar refractivity (Wildman–Crippen MR) is 53.3 cm³/mol. The first-order valence-corrected chi connectivity index (χ1v) is 6.19. The van der Waals surface area contributed by atoms with E-state index < -0.39 is 9.84 Å². The molecular weight excluding hydrogens is 202 g/mol. The van der Waals surface area contributed by atoms with Crippen molar-refractivity contribution >= 4 is 15.7 Å². The van der Waals surface area contributed by atoms with Crippen LogP contribution in [0.2, 0.25) is 0 Å². The lowest BCUT2D eigenvalue weighted by atomic mass is 10.2. The van der Waals surface area contributed by atoms with E-state index in [0.717, 1.165) is 0 Å². The summed E-state index contributed by atoms with van der Waals surface area (Å²) in [5.41, 5.74) is 0. The fourth-order valence-corrected chi connectivity index (χ4v) is 3.35. The Hall–Kier alpha value is -1.02. The third kappa shape index (κ3) is 2.48. The number of carbonyl (C=O) groups excluding carboxylic acids is 1. The highest BCUT2D eigenvalue weighted by molar-refractivity contribution is 7.91. The van der Waals surface area contributed by atoms with Gasteiger partial charge in [-0.25, -0.2) is 8.42 Å². The van der Waals surface area contributed by atoms with Gasteiger partial charge >= 0.3 is 0 Å². The van der Waals surface area contributed by atoms with Crippen LogP contribution in [0.5, 0.6) is 0 Å². The van der Waals surface area contributed by atoms with Crippen molar-refractivity contribution in [1.29, 1.82) is 0 Å². The summed E-state index contributed by atoms with van der Waals surface area (Å²) in [6.45, 7) is 1.60. The number of sulfone groups is 1. The largest absolute Gasteiger partial charge is 0.328 e. The molecule has 1 fully saturated rings. The van der Waals surface area contributed by atoms with Gasteiger partial charge in [-0.1, -0.05) is 5.92 Å². The smallest absolute Gasteiger partial charge is 0.220 e. The lowest BCUT2D eigenvalue weighted by Crippen LogP contribution is -2.39. The number of nitrogens with zero attached hydrogens (tertiary/aromatic N) is 1. The molecule has 0 bridgehead atoms. The van der Waals surface area contributed by atoms with Crippen LogP contribution in [0.25, 0.3) is 0 Å². The zero-order valence-electron chi connectivity index (χ0n) is 8.06. The van der Waals surface area contributed by atoms with E-state index in [1.165, 1.54) is 11.8 Å². The topological polar surface area (TPSA) is 54.5 Å². The fourth-order valence-electron chi connectivity index (χ4n) is 1.62. The Bertz CT molecular complexity index is 366. The highest BCUT2D eigenvalue weighted by atomic mass is 32.2. The first kappa shape index (κ1) is 11.1. The lowest BCUT2D eigenvalue weighted by molar-refractivity contribution is -0.129. The molecule has 1 aliphatic rings. The van der Waals surface area contributed by atoms with Crippen molar-refractivity contribution in [2.45, 2.75) is 19.4 Å². The summed E-state index contributed by atoms with van der Waals surface area (Å²) in [4.78, 5) is 12.6. The minimum absolute atomic E-state index is 0.0499. The highest BCUT2D eigenvalue weighted by Gasteiger charge is 2.32. The summed E-state index contributed by atoms with van der Waals surface area (Å²) in [5.74, 6) is 2.41. The molecule has 14 heavy (non-hydrogen) atoms. The molecule has 1 saturated heterocycles. The van der Waals surface area contributed by atoms with Crippen LogP contribution in [0.1, 0.15) is 13.3 Å². The third-order valence-electron chi connectivity index (χ3n) is 2.32. The van der Waals surface area contributed by atoms with E-state index in [-0.39, 0.29) is 30.0 Å². The maximum atomic E-state index is 11.2. The van der Waals surface area contributed by atoms with Gasteiger partial charge in [0.05, 0.1) is 18.1 Å². The molecule has 1 heterocycles. The number of carbonyl (C=O) groups is 1. The third-order valence-corrected chi connectivity index (χ3v) is 4.07. The van der Waals surface area contributed by atoms with Gasteiger partial charge in [0.1, 0.15) is 0 Å². The molecule has 1 amide bonds. The average Bonchev–Trinajstić information content (AvgIpc) is 2.41. The Morgan fingerprint density at radius 3 is 2.64 bits per heavy atom. The van der Waals surface area contributed by atoms with E-state index in [1.807, 2.05) is 0 Å². The molecule has 1 unspecified atom stereocenters. The van der Waals surface area contributed by atoms with E-state index in [2.05, 4.69) is 5.92 Å². The Morgan fingerprint density at radius 2 is 2.29 bits per heavy atom. The lowest BCUT2D eigenvalue weighted by Gasteiger charge is -2.24. The van der Waals surface area contributed by atoms with Gasteiger partial charge in [0, 0.05) is 13.0 Å². The summed E-state index contributed by atoms with van der Waals surface area (Å²) in [7, 11) is -2.95. The van der Waals surface area contributed by atoms with Gasteiger partial charge in [0.2, 0.25) is 5.91 Å². The van der Waals surface area contributed by atoms with E-state index in [1.54, 1.807) is 0 Å². The van der Waals surface area contributed by atoms with E-state index in [0.29, 0.717) is 6.42 Å². The molecule has 0 aliphatic carbocycles.